The summed E-state index contributed by atoms with van der Waals surface area (Å²) in [7, 11) is -3.98. The summed E-state index contributed by atoms with van der Waals surface area (Å²) < 4.78 is 29.6. The van der Waals surface area contributed by atoms with Crippen LogP contribution in [0, 0.1) is 0 Å². The third-order valence-electron chi connectivity index (χ3n) is 7.64. The number of hydrogen-bond acceptors (Lipinski definition) is 6. The van der Waals surface area contributed by atoms with Crippen molar-refractivity contribution in [2.45, 2.75) is 69.1 Å². The van der Waals surface area contributed by atoms with Crippen molar-refractivity contribution in [2.24, 2.45) is 0 Å². The standard InChI is InChI=1S/C27H33ClN4O3S2/c1-19(2)30-12-9-24(10-13-30)31-11-3-4-26(27(31)33)32(16-23-17-36-18-29-23)37(34,35)25-8-6-20-14-22(28)7-5-21(20)15-25/h5-8,14-15,17-19,24,26H,3-4,9-13,16H2,1-2H3/t26-/m0/s1. The first kappa shape index (κ1) is 26.6. The zero-order chi connectivity index (χ0) is 26.2. The zero-order valence-electron chi connectivity index (χ0n) is 21.2. The Bertz CT molecular complexity index is 1360. The highest BCUT2D eigenvalue weighted by Crippen LogP contribution is 2.31. The predicted octanol–water partition coefficient (Wildman–Crippen LogP) is 5.00. The fraction of sp³-hybridized carbons (Fsp3) is 0.481. The molecular formula is C27H33ClN4O3S2. The number of fused-ring (bicyclic) bond motifs is 1. The smallest absolute Gasteiger partial charge is 0.244 e. The van der Waals surface area contributed by atoms with Gasteiger partial charge in [-0.25, -0.2) is 13.4 Å². The molecule has 5 rings (SSSR count). The molecule has 1 amide bonds. The molecule has 1 atom stereocenters. The van der Waals surface area contributed by atoms with E-state index >= 15 is 0 Å². The molecule has 0 bridgehead atoms. The van der Waals surface area contributed by atoms with Crippen LogP contribution < -0.4 is 0 Å². The largest absolute Gasteiger partial charge is 0.338 e. The van der Waals surface area contributed by atoms with Crippen LogP contribution in [0.5, 0.6) is 0 Å². The summed E-state index contributed by atoms with van der Waals surface area (Å²) in [6, 6.07) is 10.3. The molecule has 3 aromatic rings. The number of sulfonamides is 1. The summed E-state index contributed by atoms with van der Waals surface area (Å²) in [5, 5.41) is 4.09. The van der Waals surface area contributed by atoms with Gasteiger partial charge in [0.05, 0.1) is 22.6 Å². The maximum atomic E-state index is 14.1. The van der Waals surface area contributed by atoms with Crippen LogP contribution >= 0.6 is 22.9 Å². The van der Waals surface area contributed by atoms with Crippen molar-refractivity contribution >= 4 is 49.6 Å². The second-order valence-corrected chi connectivity index (χ2v) is 13.3. The number of carbonyl (C=O) groups excluding carboxylic acids is 1. The van der Waals surface area contributed by atoms with Crippen molar-refractivity contribution < 1.29 is 13.2 Å². The Kier molecular flexibility index (Phi) is 7.88. The highest BCUT2D eigenvalue weighted by atomic mass is 35.5. The molecule has 0 spiro atoms. The van der Waals surface area contributed by atoms with Gasteiger partial charge in [-0.2, -0.15) is 4.31 Å². The first-order chi connectivity index (χ1) is 17.7. The summed E-state index contributed by atoms with van der Waals surface area (Å²) in [5.41, 5.74) is 2.34. The van der Waals surface area contributed by atoms with E-state index in [1.54, 1.807) is 29.8 Å². The normalized spacial score (nSPS) is 20.4. The number of thiazole rings is 1. The molecule has 2 saturated heterocycles. The monoisotopic (exact) mass is 560 g/mol. The van der Waals surface area contributed by atoms with Gasteiger partial charge in [-0.05, 0) is 74.6 Å². The number of amides is 1. The van der Waals surface area contributed by atoms with Crippen molar-refractivity contribution in [1.82, 2.24) is 19.1 Å². The number of carbonyl (C=O) groups is 1. The van der Waals surface area contributed by atoms with E-state index in [0.717, 1.165) is 43.1 Å². The number of piperidine rings is 2. The van der Waals surface area contributed by atoms with Crippen LogP contribution in [0.15, 0.2) is 52.2 Å². The van der Waals surface area contributed by atoms with E-state index in [-0.39, 0.29) is 23.4 Å². The molecule has 1 aromatic heterocycles. The van der Waals surface area contributed by atoms with Crippen LogP contribution in [0.3, 0.4) is 0 Å². The molecule has 3 heterocycles. The number of likely N-dealkylation sites (tertiary alicyclic amines) is 2. The van der Waals surface area contributed by atoms with Crippen LogP contribution in [-0.2, 0) is 21.4 Å². The molecular weight excluding hydrogens is 528 g/mol. The van der Waals surface area contributed by atoms with Crippen molar-refractivity contribution in [3.8, 4) is 0 Å². The molecule has 0 saturated carbocycles. The number of rotatable bonds is 7. The number of hydrogen-bond donors (Lipinski definition) is 0. The topological polar surface area (TPSA) is 73.8 Å². The fourth-order valence-electron chi connectivity index (χ4n) is 5.55. The summed E-state index contributed by atoms with van der Waals surface area (Å²) in [4.78, 5) is 22.8. The highest BCUT2D eigenvalue weighted by Gasteiger charge is 2.42. The van der Waals surface area contributed by atoms with Gasteiger partial charge in [-0.1, -0.05) is 23.7 Å². The van der Waals surface area contributed by atoms with Crippen LogP contribution in [-0.4, -0.2) is 71.2 Å². The lowest BCUT2D eigenvalue weighted by Crippen LogP contribution is -2.58. The van der Waals surface area contributed by atoms with E-state index < -0.39 is 16.1 Å². The molecule has 0 N–H and O–H groups in total. The average Bonchev–Trinajstić information content (AvgIpc) is 3.41. The zero-order valence-corrected chi connectivity index (χ0v) is 23.6. The van der Waals surface area contributed by atoms with Gasteiger partial charge in [-0.15, -0.1) is 11.3 Å². The summed E-state index contributed by atoms with van der Waals surface area (Å²) in [5.74, 6) is -0.0828. The van der Waals surface area contributed by atoms with Crippen molar-refractivity contribution in [3.63, 3.8) is 0 Å². The average molecular weight is 561 g/mol. The molecule has 0 unspecified atom stereocenters. The predicted molar refractivity (Wildman–Crippen MR) is 148 cm³/mol. The maximum absolute atomic E-state index is 14.1. The van der Waals surface area contributed by atoms with E-state index in [2.05, 4.69) is 23.7 Å². The molecule has 2 aliphatic rings. The molecule has 2 aromatic carbocycles. The van der Waals surface area contributed by atoms with E-state index in [9.17, 15) is 13.2 Å². The molecule has 198 valence electrons. The first-order valence-electron chi connectivity index (χ1n) is 12.9. The minimum Gasteiger partial charge on any atom is -0.338 e. The molecule has 0 aliphatic carbocycles. The quantitative estimate of drug-likeness (QED) is 0.406. The minimum atomic E-state index is -3.98. The third kappa shape index (κ3) is 5.56. The van der Waals surface area contributed by atoms with E-state index in [1.807, 2.05) is 22.4 Å². The Morgan fingerprint density at radius 1 is 1.08 bits per heavy atom. The Morgan fingerprint density at radius 3 is 2.51 bits per heavy atom. The SMILES string of the molecule is CC(C)N1CCC(N2CCC[C@H](N(Cc3cscn3)S(=O)(=O)c3ccc4cc(Cl)ccc4c3)C2=O)CC1. The lowest BCUT2D eigenvalue weighted by Gasteiger charge is -2.44. The Hall–Kier alpha value is -2.04. The number of aromatic nitrogens is 1. The van der Waals surface area contributed by atoms with Gasteiger partial charge in [0.25, 0.3) is 0 Å². The summed E-state index contributed by atoms with van der Waals surface area (Å²) in [6.45, 7) is 7.07. The van der Waals surface area contributed by atoms with Crippen LogP contribution in [0.1, 0.15) is 45.2 Å². The van der Waals surface area contributed by atoms with Gasteiger partial charge in [-0.3, -0.25) is 4.79 Å². The summed E-state index contributed by atoms with van der Waals surface area (Å²) in [6.07, 6.45) is 3.12. The second kappa shape index (κ2) is 11.0. The van der Waals surface area contributed by atoms with E-state index in [1.165, 1.54) is 15.6 Å². The Labute approximate surface area is 228 Å². The fourth-order valence-corrected chi connectivity index (χ4v) is 7.90. The van der Waals surface area contributed by atoms with Crippen LogP contribution in [0.25, 0.3) is 10.8 Å². The molecule has 0 radical (unpaired) electrons. The molecule has 2 fully saturated rings. The number of halogens is 1. The van der Waals surface area contributed by atoms with Gasteiger partial charge in [0.1, 0.15) is 6.04 Å². The Morgan fingerprint density at radius 2 is 1.81 bits per heavy atom. The van der Waals surface area contributed by atoms with Crippen molar-refractivity contribution in [2.75, 3.05) is 19.6 Å². The molecule has 37 heavy (non-hydrogen) atoms. The van der Waals surface area contributed by atoms with E-state index in [4.69, 9.17) is 11.6 Å². The number of nitrogens with zero attached hydrogens (tertiary/aromatic N) is 4. The summed E-state index contributed by atoms with van der Waals surface area (Å²) >= 11 is 7.54. The molecule has 10 heteroatoms. The van der Waals surface area contributed by atoms with Crippen LogP contribution in [0.4, 0.5) is 0 Å². The van der Waals surface area contributed by atoms with Crippen molar-refractivity contribution in [3.05, 3.63) is 58.0 Å². The second-order valence-electron chi connectivity index (χ2n) is 10.2. The first-order valence-corrected chi connectivity index (χ1v) is 15.6. The van der Waals surface area contributed by atoms with Gasteiger partial charge in [0.2, 0.25) is 15.9 Å². The minimum absolute atomic E-state index is 0.0700. The van der Waals surface area contributed by atoms with Gasteiger partial charge >= 0.3 is 0 Å². The van der Waals surface area contributed by atoms with Crippen molar-refractivity contribution in [1.29, 1.82) is 0 Å². The molecule has 7 nitrogen and oxygen atoms in total. The maximum Gasteiger partial charge on any atom is 0.244 e. The van der Waals surface area contributed by atoms with Gasteiger partial charge in [0.15, 0.2) is 0 Å². The number of benzene rings is 2. The lowest BCUT2D eigenvalue weighted by molar-refractivity contribution is -0.142. The van der Waals surface area contributed by atoms with E-state index in [0.29, 0.717) is 29.7 Å². The van der Waals surface area contributed by atoms with Crippen LogP contribution in [0.2, 0.25) is 5.02 Å². The third-order valence-corrected chi connectivity index (χ3v) is 10.4. The molecule has 2 aliphatic heterocycles. The highest BCUT2D eigenvalue weighted by molar-refractivity contribution is 7.89. The Balaban J connectivity index is 1.45. The van der Waals surface area contributed by atoms with Gasteiger partial charge < -0.3 is 9.80 Å². The van der Waals surface area contributed by atoms with Gasteiger partial charge in [0, 0.05) is 42.1 Å². The lowest BCUT2D eigenvalue weighted by atomic mass is 9.96.